The van der Waals surface area contributed by atoms with Crippen LogP contribution in [-0.2, 0) is 0 Å². The van der Waals surface area contributed by atoms with E-state index in [4.69, 9.17) is 11.6 Å². The third kappa shape index (κ3) is 3.36. The lowest BCUT2D eigenvalue weighted by Gasteiger charge is -2.30. The van der Waals surface area contributed by atoms with Gasteiger partial charge in [-0.2, -0.15) is 0 Å². The molecule has 1 saturated heterocycles. The average Bonchev–Trinajstić information content (AvgIpc) is 2.40. The van der Waals surface area contributed by atoms with Gasteiger partial charge in [-0.3, -0.25) is 4.79 Å². The number of carbonyl (C=O) groups is 1. The number of anilines is 1. The first-order valence-corrected chi connectivity index (χ1v) is 6.87. The summed E-state index contributed by atoms with van der Waals surface area (Å²) >= 11 is 6.05. The van der Waals surface area contributed by atoms with Crippen LogP contribution in [0.2, 0.25) is 5.02 Å². The Morgan fingerprint density at radius 2 is 2.42 bits per heavy atom. The van der Waals surface area contributed by atoms with Gasteiger partial charge in [-0.1, -0.05) is 11.6 Å². The molecule has 1 amide bonds. The number of aliphatic hydroxyl groups is 1. The summed E-state index contributed by atoms with van der Waals surface area (Å²) in [6.07, 6.45) is 1.09. The van der Waals surface area contributed by atoms with E-state index in [0.717, 1.165) is 19.4 Å². The molecule has 0 bridgehead atoms. The largest absolute Gasteiger partial charge is 0.391 e. The maximum absolute atomic E-state index is 12.4. The van der Waals surface area contributed by atoms with Gasteiger partial charge in [-0.15, -0.1) is 0 Å². The topological polar surface area (TPSA) is 65.5 Å². The normalized spacial score (nSPS) is 19.3. The molecule has 0 saturated carbocycles. The quantitative estimate of drug-likeness (QED) is 0.887. The van der Waals surface area contributed by atoms with Crippen molar-refractivity contribution in [1.29, 1.82) is 0 Å². The molecule has 1 aliphatic rings. The monoisotopic (exact) mass is 283 g/mol. The van der Waals surface area contributed by atoms with E-state index in [1.165, 1.54) is 0 Å². The van der Waals surface area contributed by atoms with E-state index in [9.17, 15) is 9.90 Å². The van der Waals surface area contributed by atoms with Gasteiger partial charge in [0.05, 0.1) is 11.1 Å². The Balaban J connectivity index is 2.19. The number of carbonyl (C=O) groups excluding carboxylic acids is 1. The molecule has 0 spiro atoms. The summed E-state index contributed by atoms with van der Waals surface area (Å²) in [7, 11) is 0. The Labute approximate surface area is 117 Å². The number of β-amino-alcohol motifs (C(OH)–C–C–N with tert-alkyl or cyclic N) is 1. The second kappa shape index (κ2) is 6.21. The van der Waals surface area contributed by atoms with Gasteiger partial charge in [0.15, 0.2) is 0 Å². The molecular formula is C13H18ClN3O2. The van der Waals surface area contributed by atoms with Crippen LogP contribution in [0, 0.1) is 0 Å². The molecule has 5 nitrogen and oxygen atoms in total. The molecule has 2 heterocycles. The summed E-state index contributed by atoms with van der Waals surface area (Å²) in [5, 5.41) is 13.0. The molecule has 0 radical (unpaired) electrons. The molecule has 0 aliphatic carbocycles. The number of hydrogen-bond donors (Lipinski definition) is 2. The number of nitrogens with one attached hydrogen (secondary N) is 1. The van der Waals surface area contributed by atoms with E-state index < -0.39 is 6.10 Å². The van der Waals surface area contributed by atoms with Crippen LogP contribution in [0.15, 0.2) is 12.1 Å². The van der Waals surface area contributed by atoms with E-state index >= 15 is 0 Å². The molecule has 1 fully saturated rings. The van der Waals surface area contributed by atoms with Crippen LogP contribution in [-0.4, -0.2) is 46.6 Å². The van der Waals surface area contributed by atoms with E-state index in [-0.39, 0.29) is 11.6 Å². The highest BCUT2D eigenvalue weighted by molar-refractivity contribution is 6.33. The highest BCUT2D eigenvalue weighted by atomic mass is 35.5. The van der Waals surface area contributed by atoms with Crippen molar-refractivity contribution in [2.75, 3.05) is 25.0 Å². The number of piperidine rings is 1. The first-order valence-electron chi connectivity index (χ1n) is 6.49. The molecule has 1 aliphatic heterocycles. The summed E-state index contributed by atoms with van der Waals surface area (Å²) in [5.41, 5.74) is 0.245. The third-order valence-corrected chi connectivity index (χ3v) is 3.40. The lowest BCUT2D eigenvalue weighted by Crippen LogP contribution is -2.42. The van der Waals surface area contributed by atoms with Crippen molar-refractivity contribution in [2.24, 2.45) is 0 Å². The van der Waals surface area contributed by atoms with E-state index in [2.05, 4.69) is 10.3 Å². The zero-order valence-electron chi connectivity index (χ0n) is 10.9. The van der Waals surface area contributed by atoms with Gasteiger partial charge in [-0.25, -0.2) is 4.98 Å². The summed E-state index contributed by atoms with van der Waals surface area (Å²) in [6, 6.07) is 3.41. The van der Waals surface area contributed by atoms with Crippen molar-refractivity contribution in [1.82, 2.24) is 9.88 Å². The maximum Gasteiger partial charge on any atom is 0.274 e. The summed E-state index contributed by atoms with van der Waals surface area (Å²) in [6.45, 7) is 3.67. The Hall–Kier alpha value is -1.33. The Morgan fingerprint density at radius 3 is 3.11 bits per heavy atom. The molecule has 6 heteroatoms. The second-order valence-electron chi connectivity index (χ2n) is 4.60. The number of likely N-dealkylation sites (tertiary alicyclic amines) is 1. The van der Waals surface area contributed by atoms with Crippen molar-refractivity contribution in [2.45, 2.75) is 25.9 Å². The number of rotatable bonds is 3. The van der Waals surface area contributed by atoms with Gasteiger partial charge < -0.3 is 15.3 Å². The van der Waals surface area contributed by atoms with Gasteiger partial charge in [0.1, 0.15) is 11.5 Å². The molecule has 104 valence electrons. The first-order chi connectivity index (χ1) is 9.11. The first kappa shape index (κ1) is 14.1. The van der Waals surface area contributed by atoms with Crippen LogP contribution in [0.4, 0.5) is 5.82 Å². The summed E-state index contributed by atoms with van der Waals surface area (Å²) in [4.78, 5) is 18.2. The lowest BCUT2D eigenvalue weighted by molar-refractivity contribution is 0.0469. The predicted octanol–water partition coefficient (Wildman–Crippen LogP) is 1.76. The number of halogens is 1. The van der Waals surface area contributed by atoms with Gasteiger partial charge in [0, 0.05) is 19.6 Å². The van der Waals surface area contributed by atoms with Crippen molar-refractivity contribution < 1.29 is 9.90 Å². The smallest absolute Gasteiger partial charge is 0.274 e. The lowest BCUT2D eigenvalue weighted by atomic mass is 10.1. The van der Waals surface area contributed by atoms with Crippen LogP contribution in [0.25, 0.3) is 0 Å². The zero-order chi connectivity index (χ0) is 13.8. The standard InChI is InChI=1S/C13H18ClN3O2/c1-2-15-11-6-5-10(14)12(16-11)13(19)17-7-3-4-9(18)8-17/h5-6,9,18H,2-4,7-8H2,1H3,(H,15,16). The molecule has 1 aromatic rings. The fraction of sp³-hybridized carbons (Fsp3) is 0.538. The number of amides is 1. The van der Waals surface area contributed by atoms with Crippen molar-refractivity contribution in [3.8, 4) is 0 Å². The highest BCUT2D eigenvalue weighted by Gasteiger charge is 2.25. The Kier molecular flexibility index (Phi) is 4.61. The van der Waals surface area contributed by atoms with Crippen molar-refractivity contribution in [3.05, 3.63) is 22.8 Å². The summed E-state index contributed by atoms with van der Waals surface area (Å²) in [5.74, 6) is 0.413. The van der Waals surface area contributed by atoms with Crippen LogP contribution in [0.1, 0.15) is 30.3 Å². The zero-order valence-corrected chi connectivity index (χ0v) is 11.7. The number of pyridine rings is 1. The van der Waals surface area contributed by atoms with Gasteiger partial charge >= 0.3 is 0 Å². The maximum atomic E-state index is 12.4. The molecule has 2 rings (SSSR count). The minimum absolute atomic E-state index is 0.219. The number of aliphatic hydroxyl groups excluding tert-OH is 1. The SMILES string of the molecule is CCNc1ccc(Cl)c(C(=O)N2CCCC(O)C2)n1. The van der Waals surface area contributed by atoms with Crippen LogP contribution in [0.3, 0.4) is 0 Å². The van der Waals surface area contributed by atoms with Crippen molar-refractivity contribution >= 4 is 23.3 Å². The van der Waals surface area contributed by atoms with Crippen molar-refractivity contribution in [3.63, 3.8) is 0 Å². The average molecular weight is 284 g/mol. The Bertz CT molecular complexity index is 467. The van der Waals surface area contributed by atoms with E-state index in [0.29, 0.717) is 23.9 Å². The highest BCUT2D eigenvalue weighted by Crippen LogP contribution is 2.20. The van der Waals surface area contributed by atoms with Crippen LogP contribution < -0.4 is 5.32 Å². The number of nitrogens with zero attached hydrogens (tertiary/aromatic N) is 2. The third-order valence-electron chi connectivity index (χ3n) is 3.09. The van der Waals surface area contributed by atoms with E-state index in [1.54, 1.807) is 17.0 Å². The van der Waals surface area contributed by atoms with Gasteiger partial charge in [0.2, 0.25) is 0 Å². The van der Waals surface area contributed by atoms with Crippen LogP contribution in [0.5, 0.6) is 0 Å². The molecule has 2 N–H and O–H groups in total. The molecular weight excluding hydrogens is 266 g/mol. The number of hydrogen-bond acceptors (Lipinski definition) is 4. The molecule has 1 aromatic heterocycles. The minimum Gasteiger partial charge on any atom is -0.391 e. The van der Waals surface area contributed by atoms with Crippen LogP contribution >= 0.6 is 11.6 Å². The molecule has 1 atom stereocenters. The molecule has 0 aromatic carbocycles. The molecule has 19 heavy (non-hydrogen) atoms. The summed E-state index contributed by atoms with van der Waals surface area (Å²) < 4.78 is 0. The van der Waals surface area contributed by atoms with E-state index in [1.807, 2.05) is 6.92 Å². The fourth-order valence-electron chi connectivity index (χ4n) is 2.16. The van der Waals surface area contributed by atoms with Gasteiger partial charge in [0.25, 0.3) is 5.91 Å². The minimum atomic E-state index is -0.451. The molecule has 1 unspecified atom stereocenters. The second-order valence-corrected chi connectivity index (χ2v) is 5.01. The fourth-order valence-corrected chi connectivity index (χ4v) is 2.35. The van der Waals surface area contributed by atoms with Gasteiger partial charge in [-0.05, 0) is 31.9 Å². The Morgan fingerprint density at radius 1 is 1.63 bits per heavy atom. The number of aromatic nitrogens is 1. The predicted molar refractivity (Wildman–Crippen MR) is 74.6 cm³/mol.